The van der Waals surface area contributed by atoms with Crippen molar-refractivity contribution in [2.24, 2.45) is 0 Å². The summed E-state index contributed by atoms with van der Waals surface area (Å²) in [5, 5.41) is 7.42. The maximum absolute atomic E-state index is 2.46. The van der Waals surface area contributed by atoms with E-state index >= 15 is 0 Å². The zero-order chi connectivity index (χ0) is 47.8. The molecule has 0 aliphatic carbocycles. The first-order chi connectivity index (χ1) is 35.7. The molecule has 0 spiro atoms. The van der Waals surface area contributed by atoms with Crippen molar-refractivity contribution in [3.05, 3.63) is 302 Å². The Morgan fingerprint density at radius 3 is 1.32 bits per heavy atom. The quantitative estimate of drug-likeness (QED) is 0.119. The number of hydrogen-bond donors (Lipinski definition) is 0. The molecule has 0 saturated carbocycles. The molecule has 13 rings (SSSR count). The van der Waals surface area contributed by atoms with Crippen LogP contribution in [0.25, 0.3) is 64.0 Å². The number of fused-ring (bicyclic) bond motifs is 5. The lowest BCUT2D eigenvalue weighted by Crippen LogP contribution is -2.15. The third-order valence-electron chi connectivity index (χ3n) is 14.2. The fraction of sp³-hybridized carbons (Fsp3) is 0.0145. The Bertz CT molecular complexity index is 4020. The van der Waals surface area contributed by atoms with Crippen LogP contribution in [0.1, 0.15) is 22.6 Å². The molecule has 0 N–H and O–H groups in total. The molecule has 1 atom stereocenters. The minimum Gasteiger partial charge on any atom is -0.310 e. The molecule has 72 heavy (non-hydrogen) atoms. The molecule has 1 aromatic heterocycles. The van der Waals surface area contributed by atoms with Gasteiger partial charge in [0.15, 0.2) is 0 Å². The minimum atomic E-state index is -0.0611. The summed E-state index contributed by atoms with van der Waals surface area (Å²) in [6, 6.07) is 104. The largest absolute Gasteiger partial charge is 0.310 e. The summed E-state index contributed by atoms with van der Waals surface area (Å²) in [4.78, 5) is 4.88. The van der Waals surface area contributed by atoms with Gasteiger partial charge in [-0.25, -0.2) is 0 Å². The summed E-state index contributed by atoms with van der Waals surface area (Å²) in [6.07, 6.45) is 0. The number of thiophene rings is 1. The second kappa shape index (κ2) is 18.7. The van der Waals surface area contributed by atoms with Crippen LogP contribution < -0.4 is 9.80 Å². The molecule has 1 heterocycles. The number of para-hydroxylation sites is 2. The van der Waals surface area contributed by atoms with E-state index in [0.29, 0.717) is 0 Å². The van der Waals surface area contributed by atoms with E-state index in [9.17, 15) is 0 Å². The molecule has 0 aliphatic rings. The first kappa shape index (κ1) is 43.0. The van der Waals surface area contributed by atoms with Crippen LogP contribution >= 0.6 is 11.3 Å². The third kappa shape index (κ3) is 7.96. The number of nitrogens with zero attached hydrogens (tertiary/aromatic N) is 2. The first-order valence-electron chi connectivity index (χ1n) is 24.7. The van der Waals surface area contributed by atoms with Crippen LogP contribution in [-0.2, 0) is 0 Å². The summed E-state index contributed by atoms with van der Waals surface area (Å²) in [6.45, 7) is 0. The third-order valence-corrected chi connectivity index (χ3v) is 15.3. The van der Waals surface area contributed by atoms with Crippen LogP contribution in [0, 0.1) is 0 Å². The number of rotatable bonds is 11. The lowest BCUT2D eigenvalue weighted by molar-refractivity contribution is 0.982. The zero-order valence-corrected chi connectivity index (χ0v) is 40.3. The standard InChI is InChI=1S/C69H48N2S/c1-4-18-48(19-5-1)50-34-36-54(37-35-50)69(63-31-16-24-52-22-10-12-28-59(52)63)64-30-14-15-32-66(64)70(55-26-8-3-9-27-55)57-42-44-61-62-45-43-58(47-68(62)72-67(61)46-57)71(65-33-17-25-53-23-11-13-29-60(53)65)56-40-38-51(39-41-56)49-20-6-2-7-21-49/h1-47,69H. The van der Waals surface area contributed by atoms with Gasteiger partial charge in [0.25, 0.3) is 0 Å². The van der Waals surface area contributed by atoms with Crippen LogP contribution in [0.2, 0.25) is 0 Å². The molecule has 0 aliphatic heterocycles. The summed E-state index contributed by atoms with van der Waals surface area (Å²) in [5.41, 5.74) is 15.3. The lowest BCUT2D eigenvalue weighted by atomic mass is 9.81. The highest BCUT2D eigenvalue weighted by atomic mass is 32.1. The summed E-state index contributed by atoms with van der Waals surface area (Å²) < 4.78 is 2.48. The molecule has 0 bridgehead atoms. The van der Waals surface area contributed by atoms with Crippen LogP contribution in [0.4, 0.5) is 34.1 Å². The smallest absolute Gasteiger partial charge is 0.0540 e. The highest BCUT2D eigenvalue weighted by molar-refractivity contribution is 7.25. The lowest BCUT2D eigenvalue weighted by Gasteiger charge is -2.31. The van der Waals surface area contributed by atoms with E-state index in [2.05, 4.69) is 295 Å². The van der Waals surface area contributed by atoms with E-state index in [1.165, 1.54) is 80.7 Å². The molecule has 340 valence electrons. The SMILES string of the molecule is c1ccc(-c2ccc(C(c3ccccc3N(c3ccccc3)c3ccc4c(c3)sc3cc(N(c5ccc(-c6ccccc6)cc5)c5cccc6ccccc56)ccc34)c3cccc4ccccc34)cc2)cc1. The van der Waals surface area contributed by atoms with E-state index in [-0.39, 0.29) is 5.92 Å². The number of benzene rings is 12. The Kier molecular flexibility index (Phi) is 11.2. The molecule has 0 amide bonds. The van der Waals surface area contributed by atoms with Gasteiger partial charge in [0.1, 0.15) is 0 Å². The average Bonchev–Trinajstić information content (AvgIpc) is 3.82. The van der Waals surface area contributed by atoms with Gasteiger partial charge in [-0.05, 0) is 116 Å². The first-order valence-corrected chi connectivity index (χ1v) is 25.5. The topological polar surface area (TPSA) is 6.48 Å². The summed E-state index contributed by atoms with van der Waals surface area (Å²) in [7, 11) is 0. The van der Waals surface area contributed by atoms with Crippen molar-refractivity contribution < 1.29 is 0 Å². The second-order valence-electron chi connectivity index (χ2n) is 18.4. The van der Waals surface area contributed by atoms with Gasteiger partial charge >= 0.3 is 0 Å². The Labute approximate surface area is 424 Å². The van der Waals surface area contributed by atoms with E-state index in [4.69, 9.17) is 0 Å². The Morgan fingerprint density at radius 2 is 0.681 bits per heavy atom. The summed E-state index contributed by atoms with van der Waals surface area (Å²) >= 11 is 1.86. The van der Waals surface area contributed by atoms with Crippen molar-refractivity contribution in [1.82, 2.24) is 0 Å². The molecule has 0 radical (unpaired) electrons. The van der Waals surface area contributed by atoms with E-state index in [0.717, 1.165) is 34.1 Å². The van der Waals surface area contributed by atoms with Crippen LogP contribution in [0.5, 0.6) is 0 Å². The van der Waals surface area contributed by atoms with Crippen molar-refractivity contribution in [1.29, 1.82) is 0 Å². The van der Waals surface area contributed by atoms with Gasteiger partial charge in [-0.1, -0.05) is 224 Å². The predicted octanol–water partition coefficient (Wildman–Crippen LogP) is 19.8. The fourth-order valence-corrected chi connectivity index (χ4v) is 11.9. The van der Waals surface area contributed by atoms with Gasteiger partial charge in [-0.2, -0.15) is 0 Å². The van der Waals surface area contributed by atoms with Gasteiger partial charge in [-0.3, -0.25) is 0 Å². The monoisotopic (exact) mass is 936 g/mol. The maximum Gasteiger partial charge on any atom is 0.0540 e. The molecule has 0 fully saturated rings. The molecule has 1 unspecified atom stereocenters. The highest BCUT2D eigenvalue weighted by Crippen LogP contribution is 2.48. The zero-order valence-electron chi connectivity index (χ0n) is 39.5. The van der Waals surface area contributed by atoms with E-state index in [1.54, 1.807) is 0 Å². The molecular formula is C69H48N2S. The van der Waals surface area contributed by atoms with E-state index < -0.39 is 0 Å². The predicted molar refractivity (Wildman–Crippen MR) is 308 cm³/mol. The van der Waals surface area contributed by atoms with Crippen LogP contribution in [0.3, 0.4) is 0 Å². The van der Waals surface area contributed by atoms with Crippen LogP contribution in [-0.4, -0.2) is 0 Å². The molecular weight excluding hydrogens is 889 g/mol. The molecule has 13 aromatic rings. The fourth-order valence-electron chi connectivity index (χ4n) is 10.8. The van der Waals surface area contributed by atoms with Crippen molar-refractivity contribution in [3.8, 4) is 22.3 Å². The number of anilines is 6. The molecule has 12 aromatic carbocycles. The van der Waals surface area contributed by atoms with E-state index in [1.807, 2.05) is 11.3 Å². The van der Waals surface area contributed by atoms with Gasteiger partial charge < -0.3 is 9.80 Å². The van der Waals surface area contributed by atoms with Crippen molar-refractivity contribution >= 4 is 87.2 Å². The van der Waals surface area contributed by atoms with Crippen LogP contribution in [0.15, 0.2) is 285 Å². The molecule has 0 saturated heterocycles. The van der Waals surface area contributed by atoms with Gasteiger partial charge in [0.2, 0.25) is 0 Å². The van der Waals surface area contributed by atoms with Crippen molar-refractivity contribution in [3.63, 3.8) is 0 Å². The van der Waals surface area contributed by atoms with Gasteiger partial charge in [-0.15, -0.1) is 11.3 Å². The normalized spacial score (nSPS) is 11.8. The maximum atomic E-state index is 2.46. The van der Waals surface area contributed by atoms with Crippen molar-refractivity contribution in [2.45, 2.75) is 5.92 Å². The molecule has 2 nitrogen and oxygen atoms in total. The summed E-state index contributed by atoms with van der Waals surface area (Å²) in [5.74, 6) is -0.0611. The van der Waals surface area contributed by atoms with Crippen molar-refractivity contribution in [2.75, 3.05) is 9.80 Å². The average molecular weight is 937 g/mol. The second-order valence-corrected chi connectivity index (χ2v) is 19.5. The highest BCUT2D eigenvalue weighted by Gasteiger charge is 2.26. The Hall–Kier alpha value is -9.02. The number of hydrogen-bond acceptors (Lipinski definition) is 3. The Morgan fingerprint density at radius 1 is 0.264 bits per heavy atom. The Balaban J connectivity index is 0.946. The van der Waals surface area contributed by atoms with Gasteiger partial charge in [0.05, 0.1) is 11.4 Å². The minimum absolute atomic E-state index is 0.0611. The molecule has 3 heteroatoms. The van der Waals surface area contributed by atoms with Gasteiger partial charge in [0, 0.05) is 54.2 Å².